The second kappa shape index (κ2) is 3.62. The standard InChI is InChI=1S/C11H16O2/c12-9-6-10(11(13)7-9)8-4-2-1-3-5-8/h6,8-9,12H,1-5,7H2. The Bertz CT molecular complexity index is 236. The lowest BCUT2D eigenvalue weighted by molar-refractivity contribution is -0.116. The van der Waals surface area contributed by atoms with E-state index in [1.54, 1.807) is 6.08 Å². The minimum absolute atomic E-state index is 0.180. The van der Waals surface area contributed by atoms with Gasteiger partial charge < -0.3 is 5.11 Å². The van der Waals surface area contributed by atoms with E-state index in [0.717, 1.165) is 18.4 Å². The molecule has 2 rings (SSSR count). The highest BCUT2D eigenvalue weighted by Gasteiger charge is 2.28. The quantitative estimate of drug-likeness (QED) is 0.668. The van der Waals surface area contributed by atoms with Gasteiger partial charge in [0.05, 0.1) is 6.10 Å². The van der Waals surface area contributed by atoms with Crippen molar-refractivity contribution in [2.24, 2.45) is 5.92 Å². The summed E-state index contributed by atoms with van der Waals surface area (Å²) in [6.07, 6.45) is 7.68. The van der Waals surface area contributed by atoms with Gasteiger partial charge in [0.2, 0.25) is 0 Å². The number of hydrogen-bond donors (Lipinski definition) is 1. The highest BCUT2D eigenvalue weighted by atomic mass is 16.3. The Morgan fingerprint density at radius 3 is 2.46 bits per heavy atom. The average Bonchev–Trinajstić information content (AvgIpc) is 2.47. The molecule has 0 aliphatic heterocycles. The van der Waals surface area contributed by atoms with Crippen LogP contribution in [0.15, 0.2) is 11.6 Å². The molecule has 0 spiro atoms. The first kappa shape index (κ1) is 8.95. The van der Waals surface area contributed by atoms with Crippen LogP contribution in [0.3, 0.4) is 0 Å². The smallest absolute Gasteiger partial charge is 0.161 e. The Labute approximate surface area is 78.6 Å². The molecule has 1 saturated carbocycles. The zero-order valence-electron chi connectivity index (χ0n) is 7.83. The Kier molecular flexibility index (Phi) is 2.49. The zero-order chi connectivity index (χ0) is 9.26. The molecule has 0 radical (unpaired) electrons. The second-order valence-electron chi connectivity index (χ2n) is 4.15. The number of aliphatic hydroxyl groups is 1. The minimum Gasteiger partial charge on any atom is -0.389 e. The second-order valence-corrected chi connectivity index (χ2v) is 4.15. The van der Waals surface area contributed by atoms with Gasteiger partial charge >= 0.3 is 0 Å². The van der Waals surface area contributed by atoms with Crippen molar-refractivity contribution in [1.29, 1.82) is 0 Å². The molecule has 0 amide bonds. The predicted molar refractivity (Wildman–Crippen MR) is 50.3 cm³/mol. The van der Waals surface area contributed by atoms with Crippen LogP contribution in [0, 0.1) is 5.92 Å². The number of rotatable bonds is 1. The van der Waals surface area contributed by atoms with Crippen LogP contribution in [0.1, 0.15) is 38.5 Å². The number of carbonyl (C=O) groups is 1. The molecule has 2 heteroatoms. The van der Waals surface area contributed by atoms with E-state index < -0.39 is 6.10 Å². The van der Waals surface area contributed by atoms with Gasteiger partial charge in [-0.2, -0.15) is 0 Å². The van der Waals surface area contributed by atoms with Crippen LogP contribution in [0.4, 0.5) is 0 Å². The van der Waals surface area contributed by atoms with Crippen molar-refractivity contribution in [2.75, 3.05) is 0 Å². The molecule has 1 N–H and O–H groups in total. The number of ketones is 1. The van der Waals surface area contributed by atoms with Crippen molar-refractivity contribution in [3.63, 3.8) is 0 Å². The van der Waals surface area contributed by atoms with E-state index in [9.17, 15) is 9.90 Å². The summed E-state index contributed by atoms with van der Waals surface area (Å²) >= 11 is 0. The first-order valence-corrected chi connectivity index (χ1v) is 5.20. The normalized spacial score (nSPS) is 30.7. The molecule has 1 fully saturated rings. The molecule has 0 bridgehead atoms. The van der Waals surface area contributed by atoms with Crippen LogP contribution in [-0.2, 0) is 4.79 Å². The molecule has 2 aliphatic rings. The number of aliphatic hydroxyl groups excluding tert-OH is 1. The SMILES string of the molecule is O=C1CC(O)C=C1C1CCCCC1. The van der Waals surface area contributed by atoms with Gasteiger partial charge in [-0.15, -0.1) is 0 Å². The van der Waals surface area contributed by atoms with Gasteiger partial charge in [0.25, 0.3) is 0 Å². The van der Waals surface area contributed by atoms with E-state index in [1.807, 2.05) is 0 Å². The fourth-order valence-corrected chi connectivity index (χ4v) is 2.44. The van der Waals surface area contributed by atoms with Gasteiger partial charge in [-0.3, -0.25) is 4.79 Å². The van der Waals surface area contributed by atoms with Crippen molar-refractivity contribution < 1.29 is 9.90 Å². The summed E-state index contributed by atoms with van der Waals surface area (Å²) in [7, 11) is 0. The fraction of sp³-hybridized carbons (Fsp3) is 0.727. The summed E-state index contributed by atoms with van der Waals surface area (Å²) in [5, 5.41) is 9.30. The van der Waals surface area contributed by atoms with Gasteiger partial charge in [0.15, 0.2) is 5.78 Å². The summed E-state index contributed by atoms with van der Waals surface area (Å²) in [6.45, 7) is 0. The van der Waals surface area contributed by atoms with Crippen molar-refractivity contribution >= 4 is 5.78 Å². The van der Waals surface area contributed by atoms with E-state index >= 15 is 0 Å². The molecule has 1 unspecified atom stereocenters. The van der Waals surface area contributed by atoms with E-state index in [4.69, 9.17) is 0 Å². The monoisotopic (exact) mass is 180 g/mol. The largest absolute Gasteiger partial charge is 0.389 e. The zero-order valence-corrected chi connectivity index (χ0v) is 7.83. The van der Waals surface area contributed by atoms with Crippen LogP contribution in [-0.4, -0.2) is 17.0 Å². The maximum Gasteiger partial charge on any atom is 0.161 e. The van der Waals surface area contributed by atoms with Gasteiger partial charge in [0.1, 0.15) is 0 Å². The maximum atomic E-state index is 11.5. The molecule has 2 nitrogen and oxygen atoms in total. The van der Waals surface area contributed by atoms with E-state index in [1.165, 1.54) is 19.3 Å². The highest BCUT2D eigenvalue weighted by Crippen LogP contribution is 2.33. The number of allylic oxidation sites excluding steroid dienone is 1. The summed E-state index contributed by atoms with van der Waals surface area (Å²) in [6, 6.07) is 0. The summed E-state index contributed by atoms with van der Waals surface area (Å²) in [5.74, 6) is 0.637. The van der Waals surface area contributed by atoms with E-state index in [2.05, 4.69) is 0 Å². The lowest BCUT2D eigenvalue weighted by atomic mass is 9.83. The van der Waals surface area contributed by atoms with Crippen LogP contribution in [0.2, 0.25) is 0 Å². The first-order chi connectivity index (χ1) is 6.27. The Hall–Kier alpha value is -0.630. The molecule has 13 heavy (non-hydrogen) atoms. The van der Waals surface area contributed by atoms with Crippen molar-refractivity contribution in [3.8, 4) is 0 Å². The molecular formula is C11H16O2. The predicted octanol–water partition coefficient (Wildman–Crippen LogP) is 1.83. The molecule has 1 atom stereocenters. The molecule has 0 aromatic rings. The molecule has 0 aromatic carbocycles. The lowest BCUT2D eigenvalue weighted by Crippen LogP contribution is -2.13. The third-order valence-corrected chi connectivity index (χ3v) is 3.13. The van der Waals surface area contributed by atoms with E-state index in [-0.39, 0.29) is 5.78 Å². The molecule has 0 saturated heterocycles. The Balaban J connectivity index is 2.06. The third-order valence-electron chi connectivity index (χ3n) is 3.13. The van der Waals surface area contributed by atoms with Crippen molar-refractivity contribution in [2.45, 2.75) is 44.6 Å². The number of hydrogen-bond acceptors (Lipinski definition) is 2. The lowest BCUT2D eigenvalue weighted by Gasteiger charge is -2.21. The molecule has 72 valence electrons. The van der Waals surface area contributed by atoms with Gasteiger partial charge in [0, 0.05) is 6.42 Å². The van der Waals surface area contributed by atoms with Crippen LogP contribution in [0.25, 0.3) is 0 Å². The summed E-state index contributed by atoms with van der Waals surface area (Å²) < 4.78 is 0. The van der Waals surface area contributed by atoms with Gasteiger partial charge in [-0.1, -0.05) is 19.3 Å². The topological polar surface area (TPSA) is 37.3 Å². The highest BCUT2D eigenvalue weighted by molar-refractivity contribution is 5.98. The first-order valence-electron chi connectivity index (χ1n) is 5.20. The Morgan fingerprint density at radius 1 is 1.23 bits per heavy atom. The average molecular weight is 180 g/mol. The van der Waals surface area contributed by atoms with Gasteiger partial charge in [-0.05, 0) is 30.4 Å². The Morgan fingerprint density at radius 2 is 1.92 bits per heavy atom. The van der Waals surface area contributed by atoms with Crippen molar-refractivity contribution in [1.82, 2.24) is 0 Å². The molecule has 0 aromatic heterocycles. The number of carbonyl (C=O) groups excluding carboxylic acids is 1. The molecule has 0 heterocycles. The van der Waals surface area contributed by atoms with Crippen LogP contribution in [0.5, 0.6) is 0 Å². The molecule has 2 aliphatic carbocycles. The van der Waals surface area contributed by atoms with Crippen LogP contribution >= 0.6 is 0 Å². The van der Waals surface area contributed by atoms with Gasteiger partial charge in [-0.25, -0.2) is 0 Å². The maximum absolute atomic E-state index is 11.5. The fourth-order valence-electron chi connectivity index (χ4n) is 2.44. The minimum atomic E-state index is -0.496. The third kappa shape index (κ3) is 1.83. The van der Waals surface area contributed by atoms with Crippen LogP contribution < -0.4 is 0 Å². The summed E-state index contributed by atoms with van der Waals surface area (Å²) in [4.78, 5) is 11.5. The van der Waals surface area contributed by atoms with Crippen molar-refractivity contribution in [3.05, 3.63) is 11.6 Å². The molecular weight excluding hydrogens is 164 g/mol. The number of Topliss-reactive ketones (excluding diaryl/α,β-unsaturated/α-hetero) is 1. The summed E-state index contributed by atoms with van der Waals surface area (Å²) in [5.41, 5.74) is 0.923. The van der Waals surface area contributed by atoms with E-state index in [0.29, 0.717) is 12.3 Å².